The quantitative estimate of drug-likeness (QED) is 0.606. The number of hydrogen-bond donors (Lipinski definition) is 0. The van der Waals surface area contributed by atoms with Crippen LogP contribution in [-0.4, -0.2) is 6.21 Å². The fraction of sp³-hybridized carbons (Fsp3) is 0.133. The van der Waals surface area contributed by atoms with Crippen molar-refractivity contribution in [2.45, 2.75) is 13.5 Å². The SMILES string of the molecule is Cc1ccc(/[C]=N\OCc2cc(F)ccc2F)cc1. The molecule has 4 heteroatoms. The molecule has 0 aromatic heterocycles. The van der Waals surface area contributed by atoms with Gasteiger partial charge in [-0.05, 0) is 25.1 Å². The van der Waals surface area contributed by atoms with Crippen LogP contribution in [0.15, 0.2) is 47.6 Å². The van der Waals surface area contributed by atoms with E-state index in [0.717, 1.165) is 29.3 Å². The highest BCUT2D eigenvalue weighted by molar-refractivity contribution is 5.79. The number of aryl methyl sites for hydroxylation is 1. The second-order valence-electron chi connectivity index (χ2n) is 4.08. The normalized spacial score (nSPS) is 10.9. The summed E-state index contributed by atoms with van der Waals surface area (Å²) in [6, 6.07) is 10.7. The van der Waals surface area contributed by atoms with Gasteiger partial charge in [0, 0.05) is 11.1 Å². The van der Waals surface area contributed by atoms with E-state index in [1.807, 2.05) is 31.2 Å². The molecule has 0 unspecified atom stereocenters. The number of benzene rings is 2. The van der Waals surface area contributed by atoms with Crippen LogP contribution in [0.4, 0.5) is 8.78 Å². The first kappa shape index (κ1) is 13.2. The van der Waals surface area contributed by atoms with E-state index in [2.05, 4.69) is 11.4 Å². The van der Waals surface area contributed by atoms with E-state index in [9.17, 15) is 8.78 Å². The van der Waals surface area contributed by atoms with E-state index < -0.39 is 11.6 Å². The molecule has 0 fully saturated rings. The Bertz CT molecular complexity index is 579. The molecule has 2 rings (SSSR count). The number of nitrogens with zero attached hydrogens (tertiary/aromatic N) is 1. The predicted molar refractivity (Wildman–Crippen MR) is 68.9 cm³/mol. The van der Waals surface area contributed by atoms with Crippen LogP contribution in [0.25, 0.3) is 0 Å². The van der Waals surface area contributed by atoms with Gasteiger partial charge in [-0.15, -0.1) is 0 Å². The Morgan fingerprint density at radius 3 is 2.58 bits per heavy atom. The third kappa shape index (κ3) is 3.88. The van der Waals surface area contributed by atoms with E-state index in [1.54, 1.807) is 0 Å². The fourth-order valence-corrected chi connectivity index (χ4v) is 1.47. The van der Waals surface area contributed by atoms with Crippen LogP contribution >= 0.6 is 0 Å². The number of hydrogen-bond acceptors (Lipinski definition) is 2. The van der Waals surface area contributed by atoms with Gasteiger partial charge in [-0.2, -0.15) is 0 Å². The molecule has 0 spiro atoms. The van der Waals surface area contributed by atoms with Gasteiger partial charge >= 0.3 is 0 Å². The molecule has 2 aromatic carbocycles. The van der Waals surface area contributed by atoms with Gasteiger partial charge in [0.25, 0.3) is 0 Å². The molecule has 97 valence electrons. The molecule has 0 bridgehead atoms. The third-order valence-corrected chi connectivity index (χ3v) is 2.52. The smallest absolute Gasteiger partial charge is 0.145 e. The van der Waals surface area contributed by atoms with Crippen LogP contribution in [0.2, 0.25) is 0 Å². The maximum absolute atomic E-state index is 13.3. The summed E-state index contributed by atoms with van der Waals surface area (Å²) in [4.78, 5) is 4.90. The number of rotatable bonds is 4. The summed E-state index contributed by atoms with van der Waals surface area (Å²) < 4.78 is 26.1. The van der Waals surface area contributed by atoms with E-state index in [-0.39, 0.29) is 12.2 Å². The molecule has 0 atom stereocenters. The molecule has 0 heterocycles. The molecule has 0 amide bonds. The maximum Gasteiger partial charge on any atom is 0.145 e. The Morgan fingerprint density at radius 2 is 1.84 bits per heavy atom. The molecule has 0 saturated carbocycles. The van der Waals surface area contributed by atoms with Crippen molar-refractivity contribution in [3.63, 3.8) is 0 Å². The molecule has 0 N–H and O–H groups in total. The first-order valence-corrected chi connectivity index (χ1v) is 5.74. The average Bonchev–Trinajstić information content (AvgIpc) is 2.40. The van der Waals surface area contributed by atoms with Crippen molar-refractivity contribution >= 4 is 6.21 Å². The molecular formula is C15H12F2NO. The van der Waals surface area contributed by atoms with Gasteiger partial charge in [0.05, 0.1) is 0 Å². The lowest BCUT2D eigenvalue weighted by atomic mass is 10.2. The lowest BCUT2D eigenvalue weighted by Gasteiger charge is -2.01. The maximum atomic E-state index is 13.3. The molecule has 0 saturated heterocycles. The van der Waals surface area contributed by atoms with Crippen molar-refractivity contribution in [2.75, 3.05) is 0 Å². The van der Waals surface area contributed by atoms with Gasteiger partial charge in [0.1, 0.15) is 24.5 Å². The highest BCUT2D eigenvalue weighted by Crippen LogP contribution is 2.10. The first-order valence-electron chi connectivity index (χ1n) is 5.74. The first-order chi connectivity index (χ1) is 9.15. The zero-order chi connectivity index (χ0) is 13.7. The van der Waals surface area contributed by atoms with Gasteiger partial charge in [-0.3, -0.25) is 0 Å². The molecule has 0 aliphatic carbocycles. The molecule has 2 nitrogen and oxygen atoms in total. The van der Waals surface area contributed by atoms with E-state index in [1.165, 1.54) is 0 Å². The van der Waals surface area contributed by atoms with Crippen LogP contribution in [0.3, 0.4) is 0 Å². The van der Waals surface area contributed by atoms with Crippen molar-refractivity contribution in [1.29, 1.82) is 0 Å². The second kappa shape index (κ2) is 6.09. The Labute approximate surface area is 110 Å². The van der Waals surface area contributed by atoms with Gasteiger partial charge in [0.2, 0.25) is 0 Å². The minimum atomic E-state index is -0.521. The topological polar surface area (TPSA) is 21.6 Å². The van der Waals surface area contributed by atoms with Crippen molar-refractivity contribution in [2.24, 2.45) is 5.16 Å². The van der Waals surface area contributed by atoms with Gasteiger partial charge < -0.3 is 4.84 Å². The summed E-state index contributed by atoms with van der Waals surface area (Å²) in [5.41, 5.74) is 2.01. The van der Waals surface area contributed by atoms with E-state index in [4.69, 9.17) is 4.84 Å². The highest BCUT2D eigenvalue weighted by Gasteiger charge is 2.03. The van der Waals surface area contributed by atoms with Gasteiger partial charge in [-0.1, -0.05) is 35.0 Å². The fourth-order valence-electron chi connectivity index (χ4n) is 1.47. The predicted octanol–water partition coefficient (Wildman–Crippen LogP) is 3.70. The Kier molecular flexibility index (Phi) is 4.23. The lowest BCUT2D eigenvalue weighted by Crippen LogP contribution is -1.94. The Balaban J connectivity index is 1.92. The lowest BCUT2D eigenvalue weighted by molar-refractivity contribution is 0.129. The summed E-state index contributed by atoms with van der Waals surface area (Å²) in [5, 5.41) is 3.60. The molecule has 1 radical (unpaired) electrons. The average molecular weight is 260 g/mol. The summed E-state index contributed by atoms with van der Waals surface area (Å²) in [7, 11) is 0. The van der Waals surface area contributed by atoms with Crippen LogP contribution in [0.1, 0.15) is 16.7 Å². The van der Waals surface area contributed by atoms with Crippen LogP contribution in [0.5, 0.6) is 0 Å². The highest BCUT2D eigenvalue weighted by atomic mass is 19.1. The summed E-state index contributed by atoms with van der Waals surface area (Å²) in [6.45, 7) is 1.84. The molecule has 0 aliphatic rings. The monoisotopic (exact) mass is 260 g/mol. The van der Waals surface area contributed by atoms with Crippen LogP contribution < -0.4 is 0 Å². The zero-order valence-corrected chi connectivity index (χ0v) is 10.4. The van der Waals surface area contributed by atoms with E-state index >= 15 is 0 Å². The minimum absolute atomic E-state index is 0.120. The van der Waals surface area contributed by atoms with Crippen molar-refractivity contribution in [1.82, 2.24) is 0 Å². The third-order valence-electron chi connectivity index (χ3n) is 2.52. The Morgan fingerprint density at radius 1 is 1.11 bits per heavy atom. The molecule has 19 heavy (non-hydrogen) atoms. The minimum Gasteiger partial charge on any atom is -0.390 e. The van der Waals surface area contributed by atoms with E-state index in [0.29, 0.717) is 0 Å². The van der Waals surface area contributed by atoms with Gasteiger partial charge in [0.15, 0.2) is 0 Å². The standard InChI is InChI=1S/C15H12F2NO/c1-11-2-4-12(5-3-11)9-18-19-10-13-8-14(16)6-7-15(13)17/h2-8H,10H2,1H3. The van der Waals surface area contributed by atoms with Crippen LogP contribution in [-0.2, 0) is 11.4 Å². The van der Waals surface area contributed by atoms with Crippen LogP contribution in [0, 0.1) is 18.6 Å². The van der Waals surface area contributed by atoms with Gasteiger partial charge in [-0.25, -0.2) is 8.78 Å². The Hall–Kier alpha value is -2.23. The zero-order valence-electron chi connectivity index (χ0n) is 10.4. The number of halogens is 2. The van der Waals surface area contributed by atoms with Crippen molar-refractivity contribution in [3.05, 3.63) is 70.8 Å². The summed E-state index contributed by atoms with van der Waals surface area (Å²) in [6.07, 6.45) is 2.66. The van der Waals surface area contributed by atoms with Crippen molar-refractivity contribution < 1.29 is 13.6 Å². The molecule has 2 aromatic rings. The summed E-state index contributed by atoms with van der Waals surface area (Å²) >= 11 is 0. The van der Waals surface area contributed by atoms with Crippen molar-refractivity contribution in [3.8, 4) is 0 Å². The molecule has 0 aliphatic heterocycles. The summed E-state index contributed by atoms with van der Waals surface area (Å²) in [5.74, 6) is -1.03. The second-order valence-corrected chi connectivity index (χ2v) is 4.08. The molecular weight excluding hydrogens is 248 g/mol. The largest absolute Gasteiger partial charge is 0.390 e.